The minimum atomic E-state index is 0.437. The Balaban J connectivity index is 1.79. The highest BCUT2D eigenvalue weighted by atomic mass is 35.5. The second-order valence-electron chi connectivity index (χ2n) is 5.14. The van der Waals surface area contributed by atoms with E-state index >= 15 is 0 Å². The Kier molecular flexibility index (Phi) is 5.33. The summed E-state index contributed by atoms with van der Waals surface area (Å²) >= 11 is 5.94. The number of ether oxygens (including phenoxy) is 1. The van der Waals surface area contributed by atoms with Crippen molar-refractivity contribution < 1.29 is 4.74 Å². The van der Waals surface area contributed by atoms with Crippen LogP contribution in [-0.2, 0) is 0 Å². The standard InChI is InChI=1S/C15H22ClNO/c1-17-14(9-12-5-2-3-6-12)11-18-15-8-4-7-13(16)10-15/h4,7-8,10,12,14,17H,2-3,5-6,9,11H2,1H3. The molecule has 2 nitrogen and oxygen atoms in total. The number of rotatable bonds is 6. The Hall–Kier alpha value is -0.730. The zero-order valence-corrected chi connectivity index (χ0v) is 11.7. The van der Waals surface area contributed by atoms with Crippen LogP contribution < -0.4 is 10.1 Å². The highest BCUT2D eigenvalue weighted by Gasteiger charge is 2.19. The summed E-state index contributed by atoms with van der Waals surface area (Å²) in [6, 6.07) is 8.04. The molecular formula is C15H22ClNO. The lowest BCUT2D eigenvalue weighted by molar-refractivity contribution is 0.245. The monoisotopic (exact) mass is 267 g/mol. The number of halogens is 1. The van der Waals surface area contributed by atoms with E-state index in [4.69, 9.17) is 16.3 Å². The number of likely N-dealkylation sites (N-methyl/N-ethyl adjacent to an activating group) is 1. The van der Waals surface area contributed by atoms with Crippen LogP contribution in [0.2, 0.25) is 5.02 Å². The second-order valence-corrected chi connectivity index (χ2v) is 5.58. The van der Waals surface area contributed by atoms with Crippen molar-refractivity contribution in [1.29, 1.82) is 0 Å². The Morgan fingerprint density at radius 1 is 1.39 bits per heavy atom. The zero-order chi connectivity index (χ0) is 12.8. The fraction of sp³-hybridized carbons (Fsp3) is 0.600. The van der Waals surface area contributed by atoms with Gasteiger partial charge in [-0.25, -0.2) is 0 Å². The quantitative estimate of drug-likeness (QED) is 0.844. The highest BCUT2D eigenvalue weighted by Crippen LogP contribution is 2.28. The molecule has 1 N–H and O–H groups in total. The van der Waals surface area contributed by atoms with E-state index in [1.807, 2.05) is 31.3 Å². The van der Waals surface area contributed by atoms with Gasteiger partial charge in [-0.15, -0.1) is 0 Å². The molecule has 2 rings (SSSR count). The first kappa shape index (κ1) is 13.7. The highest BCUT2D eigenvalue weighted by molar-refractivity contribution is 6.30. The second kappa shape index (κ2) is 7.01. The van der Waals surface area contributed by atoms with Crippen LogP contribution in [0, 0.1) is 5.92 Å². The van der Waals surface area contributed by atoms with E-state index in [9.17, 15) is 0 Å². The van der Waals surface area contributed by atoms with Gasteiger partial charge in [0.2, 0.25) is 0 Å². The molecule has 0 saturated heterocycles. The molecule has 0 heterocycles. The van der Waals surface area contributed by atoms with Crippen molar-refractivity contribution in [3.8, 4) is 5.75 Å². The molecule has 1 aliphatic carbocycles. The van der Waals surface area contributed by atoms with Crippen molar-refractivity contribution in [2.45, 2.75) is 38.1 Å². The molecule has 0 radical (unpaired) electrons. The number of hydrogen-bond donors (Lipinski definition) is 1. The molecule has 1 fully saturated rings. The minimum Gasteiger partial charge on any atom is -0.492 e. The summed E-state index contributed by atoms with van der Waals surface area (Å²) < 4.78 is 5.80. The maximum Gasteiger partial charge on any atom is 0.120 e. The van der Waals surface area contributed by atoms with Gasteiger partial charge in [0.25, 0.3) is 0 Å². The maximum absolute atomic E-state index is 5.94. The molecule has 0 aliphatic heterocycles. The van der Waals surface area contributed by atoms with Gasteiger partial charge >= 0.3 is 0 Å². The molecule has 1 unspecified atom stereocenters. The average molecular weight is 268 g/mol. The summed E-state index contributed by atoms with van der Waals surface area (Å²) in [6.07, 6.45) is 6.79. The van der Waals surface area contributed by atoms with Gasteiger partial charge in [-0.1, -0.05) is 43.4 Å². The first-order valence-corrected chi connectivity index (χ1v) is 7.21. The number of hydrogen-bond acceptors (Lipinski definition) is 2. The topological polar surface area (TPSA) is 21.3 Å². The molecule has 1 atom stereocenters. The van der Waals surface area contributed by atoms with Crippen molar-refractivity contribution in [2.75, 3.05) is 13.7 Å². The van der Waals surface area contributed by atoms with Crippen molar-refractivity contribution >= 4 is 11.6 Å². The van der Waals surface area contributed by atoms with Crippen LogP contribution in [0.5, 0.6) is 5.75 Å². The molecule has 1 aliphatic rings. The van der Waals surface area contributed by atoms with Gasteiger partial charge in [0.1, 0.15) is 12.4 Å². The van der Waals surface area contributed by atoms with Crippen LogP contribution >= 0.6 is 11.6 Å². The van der Waals surface area contributed by atoms with Gasteiger partial charge in [-0.2, -0.15) is 0 Å². The molecular weight excluding hydrogens is 246 g/mol. The van der Waals surface area contributed by atoms with Gasteiger partial charge in [0.05, 0.1) is 0 Å². The minimum absolute atomic E-state index is 0.437. The smallest absolute Gasteiger partial charge is 0.120 e. The first-order chi connectivity index (χ1) is 8.78. The van der Waals surface area contributed by atoms with Crippen molar-refractivity contribution in [3.05, 3.63) is 29.3 Å². The normalized spacial score (nSPS) is 17.9. The summed E-state index contributed by atoms with van der Waals surface area (Å²) in [5.74, 6) is 1.74. The third-order valence-electron chi connectivity index (χ3n) is 3.75. The number of nitrogens with one attached hydrogen (secondary N) is 1. The van der Waals surface area contributed by atoms with Gasteiger partial charge in [0, 0.05) is 11.1 Å². The fourth-order valence-corrected chi connectivity index (χ4v) is 2.85. The largest absolute Gasteiger partial charge is 0.492 e. The molecule has 0 bridgehead atoms. The van der Waals surface area contributed by atoms with Crippen LogP contribution in [0.4, 0.5) is 0 Å². The summed E-state index contributed by atoms with van der Waals surface area (Å²) in [6.45, 7) is 0.716. The molecule has 0 spiro atoms. The van der Waals surface area contributed by atoms with E-state index in [2.05, 4.69) is 5.32 Å². The van der Waals surface area contributed by atoms with E-state index < -0.39 is 0 Å². The zero-order valence-electron chi connectivity index (χ0n) is 11.0. The Bertz CT molecular complexity index is 363. The maximum atomic E-state index is 5.94. The van der Waals surface area contributed by atoms with Crippen molar-refractivity contribution in [1.82, 2.24) is 5.32 Å². The molecule has 1 aromatic rings. The fourth-order valence-electron chi connectivity index (χ4n) is 2.67. The van der Waals surface area contributed by atoms with E-state index in [0.29, 0.717) is 12.6 Å². The van der Waals surface area contributed by atoms with Crippen LogP contribution in [0.1, 0.15) is 32.1 Å². The van der Waals surface area contributed by atoms with E-state index in [-0.39, 0.29) is 0 Å². The van der Waals surface area contributed by atoms with Crippen LogP contribution in [0.15, 0.2) is 24.3 Å². The summed E-state index contributed by atoms with van der Waals surface area (Å²) in [4.78, 5) is 0. The van der Waals surface area contributed by atoms with Crippen molar-refractivity contribution in [3.63, 3.8) is 0 Å². The molecule has 100 valence electrons. The summed E-state index contributed by atoms with van der Waals surface area (Å²) in [5.41, 5.74) is 0. The molecule has 18 heavy (non-hydrogen) atoms. The summed E-state index contributed by atoms with van der Waals surface area (Å²) in [7, 11) is 2.01. The van der Waals surface area contributed by atoms with E-state index in [1.54, 1.807) is 0 Å². The molecule has 1 aromatic carbocycles. The van der Waals surface area contributed by atoms with Gasteiger partial charge in [-0.05, 0) is 37.6 Å². The van der Waals surface area contributed by atoms with Crippen molar-refractivity contribution in [2.24, 2.45) is 5.92 Å². The van der Waals surface area contributed by atoms with E-state index in [0.717, 1.165) is 16.7 Å². The Labute approximate surface area is 115 Å². The molecule has 0 aromatic heterocycles. The third kappa shape index (κ3) is 4.18. The molecule has 0 amide bonds. The lowest BCUT2D eigenvalue weighted by Crippen LogP contribution is -2.33. The van der Waals surface area contributed by atoms with Gasteiger partial charge < -0.3 is 10.1 Å². The Morgan fingerprint density at radius 2 is 2.17 bits per heavy atom. The third-order valence-corrected chi connectivity index (χ3v) is 3.98. The lowest BCUT2D eigenvalue weighted by atomic mass is 9.99. The summed E-state index contributed by atoms with van der Waals surface area (Å²) in [5, 5.41) is 4.08. The molecule has 1 saturated carbocycles. The predicted molar refractivity (Wildman–Crippen MR) is 76.4 cm³/mol. The van der Waals surface area contributed by atoms with Crippen LogP contribution in [0.3, 0.4) is 0 Å². The van der Waals surface area contributed by atoms with Crippen LogP contribution in [0.25, 0.3) is 0 Å². The van der Waals surface area contributed by atoms with Gasteiger partial charge in [0.15, 0.2) is 0 Å². The predicted octanol–water partition coefficient (Wildman–Crippen LogP) is 3.89. The number of benzene rings is 1. The lowest BCUT2D eigenvalue weighted by Gasteiger charge is -2.20. The molecule has 3 heteroatoms. The van der Waals surface area contributed by atoms with E-state index in [1.165, 1.54) is 32.1 Å². The van der Waals surface area contributed by atoms with Crippen LogP contribution in [-0.4, -0.2) is 19.7 Å². The first-order valence-electron chi connectivity index (χ1n) is 6.83. The SMILES string of the molecule is CNC(COc1cccc(Cl)c1)CC1CCCC1. The average Bonchev–Trinajstić information content (AvgIpc) is 2.87. The Morgan fingerprint density at radius 3 is 2.83 bits per heavy atom. The van der Waals surface area contributed by atoms with Gasteiger partial charge in [-0.3, -0.25) is 0 Å².